The van der Waals surface area contributed by atoms with E-state index in [2.05, 4.69) is 10.5 Å². The summed E-state index contributed by atoms with van der Waals surface area (Å²) >= 11 is 5.86. The molecule has 184 valence electrons. The van der Waals surface area contributed by atoms with E-state index in [1.807, 2.05) is 0 Å². The fraction of sp³-hybridized carbons (Fsp3) is 0.250. The van der Waals surface area contributed by atoms with Crippen molar-refractivity contribution >= 4 is 45.4 Å². The smallest absolute Gasteiger partial charge is 0.248 e. The first-order valence-corrected chi connectivity index (χ1v) is 12.6. The van der Waals surface area contributed by atoms with Crippen LogP contribution >= 0.6 is 11.6 Å². The summed E-state index contributed by atoms with van der Waals surface area (Å²) in [7, 11) is -3.99. The Balaban J connectivity index is 1.46. The van der Waals surface area contributed by atoms with E-state index >= 15 is 0 Å². The maximum Gasteiger partial charge on any atom is 0.248 e. The number of aromatic nitrogens is 1. The highest BCUT2D eigenvalue weighted by Crippen LogP contribution is 2.30. The van der Waals surface area contributed by atoms with Crippen LogP contribution in [0.2, 0.25) is 5.02 Å². The Hall–Kier alpha value is -3.08. The number of anilines is 1. The fourth-order valence-corrected chi connectivity index (χ4v) is 5.71. The van der Waals surface area contributed by atoms with Crippen LogP contribution in [0, 0.1) is 24.5 Å². The Bertz CT molecular complexity index is 1370. The highest BCUT2D eigenvalue weighted by molar-refractivity contribution is 7.89. The van der Waals surface area contributed by atoms with Crippen LogP contribution in [0.25, 0.3) is 12.2 Å². The number of aryl methyl sites for hydroxylation is 1. The summed E-state index contributed by atoms with van der Waals surface area (Å²) in [5, 5.41) is 7.15. The lowest BCUT2D eigenvalue weighted by Gasteiger charge is -2.30. The molecule has 11 heteroatoms. The van der Waals surface area contributed by atoms with Crippen molar-refractivity contribution in [2.45, 2.75) is 24.7 Å². The number of carbonyl (C=O) groups excluding carboxylic acids is 1. The molecule has 2 heterocycles. The second kappa shape index (κ2) is 10.3. The summed E-state index contributed by atoms with van der Waals surface area (Å²) in [5.74, 6) is -2.10. The van der Waals surface area contributed by atoms with Crippen LogP contribution in [-0.4, -0.2) is 36.9 Å². The van der Waals surface area contributed by atoms with Gasteiger partial charge in [-0.3, -0.25) is 4.79 Å². The number of piperidine rings is 1. The van der Waals surface area contributed by atoms with Crippen molar-refractivity contribution in [2.24, 2.45) is 5.92 Å². The van der Waals surface area contributed by atoms with Crippen LogP contribution in [0.3, 0.4) is 0 Å². The number of nitrogens with zero attached hydrogens (tertiary/aromatic N) is 2. The number of rotatable bonds is 6. The molecule has 1 fully saturated rings. The topological polar surface area (TPSA) is 92.5 Å². The first-order chi connectivity index (χ1) is 16.6. The van der Waals surface area contributed by atoms with Crippen LogP contribution in [0.1, 0.15) is 29.9 Å². The van der Waals surface area contributed by atoms with E-state index in [-0.39, 0.29) is 46.8 Å². The second-order valence-electron chi connectivity index (χ2n) is 8.14. The van der Waals surface area contributed by atoms with E-state index in [4.69, 9.17) is 16.1 Å². The molecule has 2 aromatic carbocycles. The number of sulfonamides is 1. The molecule has 0 atom stereocenters. The first-order valence-electron chi connectivity index (χ1n) is 10.8. The predicted molar refractivity (Wildman–Crippen MR) is 128 cm³/mol. The average Bonchev–Trinajstić information content (AvgIpc) is 3.21. The van der Waals surface area contributed by atoms with Crippen molar-refractivity contribution in [3.05, 3.63) is 76.1 Å². The standard InChI is InChI=1S/C24H22ClF2N3O4S/c1-15-23(22(34-29-15)9-3-16-2-6-19(26)14-21(16)27)35(32,33)30-12-10-17(11-13-30)24(31)28-20-7-4-18(25)5-8-20/h2-9,14,17H,10-13H2,1H3,(H,28,31). The quantitative estimate of drug-likeness (QED) is 0.486. The molecule has 1 amide bonds. The maximum atomic E-state index is 13.9. The fourth-order valence-electron chi connectivity index (χ4n) is 3.87. The third-order valence-corrected chi connectivity index (χ3v) is 8.05. The minimum absolute atomic E-state index is 0.0613. The maximum absolute atomic E-state index is 13.9. The summed E-state index contributed by atoms with van der Waals surface area (Å²) in [4.78, 5) is 12.5. The van der Waals surface area contributed by atoms with E-state index in [1.165, 1.54) is 29.4 Å². The molecule has 0 radical (unpaired) electrons. The molecule has 1 aliphatic heterocycles. The van der Waals surface area contributed by atoms with E-state index < -0.39 is 21.7 Å². The Morgan fingerprint density at radius 3 is 2.49 bits per heavy atom. The Kier molecular flexibility index (Phi) is 7.34. The molecule has 0 bridgehead atoms. The molecule has 1 aromatic heterocycles. The lowest BCUT2D eigenvalue weighted by molar-refractivity contribution is -0.120. The monoisotopic (exact) mass is 521 g/mol. The summed E-state index contributed by atoms with van der Waals surface area (Å²) in [5.41, 5.74) is 0.840. The first kappa shape index (κ1) is 25.0. The Morgan fingerprint density at radius 1 is 1.14 bits per heavy atom. The molecule has 35 heavy (non-hydrogen) atoms. The Morgan fingerprint density at radius 2 is 1.83 bits per heavy atom. The molecule has 1 N–H and O–H groups in total. The van der Waals surface area contributed by atoms with Gasteiger partial charge in [-0.15, -0.1) is 0 Å². The average molecular weight is 522 g/mol. The molecular weight excluding hydrogens is 500 g/mol. The van der Waals surface area contributed by atoms with E-state index in [9.17, 15) is 22.0 Å². The van der Waals surface area contributed by atoms with Crippen molar-refractivity contribution in [1.29, 1.82) is 0 Å². The van der Waals surface area contributed by atoms with Crippen LogP contribution in [-0.2, 0) is 14.8 Å². The normalized spacial score (nSPS) is 15.5. The molecule has 0 aliphatic carbocycles. The molecule has 1 aliphatic rings. The summed E-state index contributed by atoms with van der Waals surface area (Å²) in [6.07, 6.45) is 3.26. The lowest BCUT2D eigenvalue weighted by Crippen LogP contribution is -2.41. The van der Waals surface area contributed by atoms with Crippen molar-refractivity contribution in [3.8, 4) is 0 Å². The van der Waals surface area contributed by atoms with Crippen LogP contribution in [0.5, 0.6) is 0 Å². The number of nitrogens with one attached hydrogen (secondary N) is 1. The van der Waals surface area contributed by atoms with Gasteiger partial charge in [-0.2, -0.15) is 4.31 Å². The zero-order valence-corrected chi connectivity index (χ0v) is 20.2. The zero-order chi connectivity index (χ0) is 25.2. The van der Waals surface area contributed by atoms with Gasteiger partial charge >= 0.3 is 0 Å². The van der Waals surface area contributed by atoms with E-state index in [0.717, 1.165) is 12.1 Å². The van der Waals surface area contributed by atoms with Crippen molar-refractivity contribution in [1.82, 2.24) is 9.46 Å². The number of hydrogen-bond donors (Lipinski definition) is 1. The zero-order valence-electron chi connectivity index (χ0n) is 18.7. The van der Waals surface area contributed by atoms with E-state index in [1.54, 1.807) is 24.3 Å². The van der Waals surface area contributed by atoms with Crippen molar-refractivity contribution in [3.63, 3.8) is 0 Å². The van der Waals surface area contributed by atoms with Gasteiger partial charge in [0.2, 0.25) is 15.9 Å². The predicted octanol–water partition coefficient (Wildman–Crippen LogP) is 5.12. The van der Waals surface area contributed by atoms with Crippen molar-refractivity contribution in [2.75, 3.05) is 18.4 Å². The van der Waals surface area contributed by atoms with Gasteiger partial charge in [-0.1, -0.05) is 16.8 Å². The van der Waals surface area contributed by atoms with Crippen LogP contribution in [0.4, 0.5) is 14.5 Å². The second-order valence-corrected chi connectivity index (χ2v) is 10.4. The summed E-state index contributed by atoms with van der Waals surface area (Å²) < 4.78 is 60.3. The molecule has 1 saturated heterocycles. The number of amides is 1. The largest absolute Gasteiger partial charge is 0.355 e. The van der Waals surface area contributed by atoms with Gasteiger partial charge in [-0.05, 0) is 68.3 Å². The van der Waals surface area contributed by atoms with Gasteiger partial charge in [0.25, 0.3) is 0 Å². The molecule has 7 nitrogen and oxygen atoms in total. The molecule has 3 aromatic rings. The number of carbonyl (C=O) groups is 1. The SMILES string of the molecule is Cc1noc(C=Cc2ccc(F)cc2F)c1S(=O)(=O)N1CCC(C(=O)Nc2ccc(Cl)cc2)CC1. The Labute approximate surface area is 206 Å². The minimum atomic E-state index is -3.99. The van der Waals surface area contributed by atoms with E-state index in [0.29, 0.717) is 23.6 Å². The van der Waals surface area contributed by atoms with Gasteiger partial charge in [-0.25, -0.2) is 17.2 Å². The molecule has 0 saturated carbocycles. The molecular formula is C24H22ClF2N3O4S. The third kappa shape index (κ3) is 5.61. The highest BCUT2D eigenvalue weighted by atomic mass is 35.5. The molecule has 0 spiro atoms. The van der Waals surface area contributed by atoms with Gasteiger partial charge in [0.1, 0.15) is 17.3 Å². The number of halogens is 3. The lowest BCUT2D eigenvalue weighted by atomic mass is 9.97. The molecule has 4 rings (SSSR count). The van der Waals surface area contributed by atoms with Crippen molar-refractivity contribution < 1.29 is 26.5 Å². The van der Waals surface area contributed by atoms with Crippen LogP contribution in [0.15, 0.2) is 51.9 Å². The minimum Gasteiger partial charge on any atom is -0.355 e. The summed E-state index contributed by atoms with van der Waals surface area (Å²) in [6.45, 7) is 1.78. The van der Waals surface area contributed by atoms with Gasteiger partial charge in [0.05, 0.1) is 0 Å². The van der Waals surface area contributed by atoms with Gasteiger partial charge in [0, 0.05) is 41.3 Å². The summed E-state index contributed by atoms with van der Waals surface area (Å²) in [6, 6.07) is 9.80. The highest BCUT2D eigenvalue weighted by Gasteiger charge is 2.36. The third-order valence-electron chi connectivity index (χ3n) is 5.74. The molecule has 0 unspecified atom stereocenters. The van der Waals surface area contributed by atoms with Gasteiger partial charge < -0.3 is 9.84 Å². The number of benzene rings is 2. The van der Waals surface area contributed by atoms with Gasteiger partial charge in [0.15, 0.2) is 10.7 Å². The van der Waals surface area contributed by atoms with Crippen LogP contribution < -0.4 is 5.32 Å². The number of hydrogen-bond acceptors (Lipinski definition) is 5.